The van der Waals surface area contributed by atoms with E-state index in [0.717, 1.165) is 42.9 Å². The van der Waals surface area contributed by atoms with Crippen molar-refractivity contribution in [1.82, 2.24) is 10.3 Å². The van der Waals surface area contributed by atoms with Crippen molar-refractivity contribution in [3.05, 3.63) is 42.5 Å². The lowest BCUT2D eigenvalue weighted by molar-refractivity contribution is -0.121. The molecule has 6 heteroatoms. The molecule has 0 aromatic heterocycles. The maximum atomic E-state index is 12.3. The molecule has 1 amide bonds. The largest absolute Gasteiger partial charge is 0.278 e. The fraction of sp³-hybridized carbons (Fsp3) is 0.389. The minimum Gasteiger partial charge on any atom is -0.278 e. The Balaban J connectivity index is 1.89. The van der Waals surface area contributed by atoms with E-state index in [-0.39, 0.29) is 10.8 Å². The molecule has 2 aromatic rings. The summed E-state index contributed by atoms with van der Waals surface area (Å²) in [4.78, 5) is 14.0. The summed E-state index contributed by atoms with van der Waals surface area (Å²) in [6.45, 7) is 2.13. The van der Waals surface area contributed by atoms with Gasteiger partial charge in [-0.3, -0.25) is 10.2 Å². The number of hydrogen-bond donors (Lipinski definition) is 2. The Morgan fingerprint density at radius 3 is 2.42 bits per heavy atom. The molecule has 5 nitrogen and oxygen atoms in total. The highest BCUT2D eigenvalue weighted by Crippen LogP contribution is 2.18. The number of hydrogen-bond acceptors (Lipinski definition) is 3. The fourth-order valence-electron chi connectivity index (χ4n) is 2.47. The zero-order chi connectivity index (χ0) is 17.4. The minimum absolute atomic E-state index is 0.129. The van der Waals surface area contributed by atoms with E-state index in [1.165, 1.54) is 6.07 Å². The Morgan fingerprint density at radius 2 is 1.67 bits per heavy atom. The topological polar surface area (TPSA) is 75.3 Å². The number of amides is 1. The lowest BCUT2D eigenvalue weighted by Crippen LogP contribution is -2.41. The molecule has 0 atom stereocenters. The summed E-state index contributed by atoms with van der Waals surface area (Å²) < 4.78 is 24.5. The van der Waals surface area contributed by atoms with Crippen molar-refractivity contribution in [3.63, 3.8) is 0 Å². The van der Waals surface area contributed by atoms with Crippen LogP contribution in [0, 0.1) is 0 Å². The third-order valence-electron chi connectivity index (χ3n) is 3.86. The molecule has 0 fully saturated rings. The average Bonchev–Trinajstić information content (AvgIpc) is 2.59. The molecule has 0 bridgehead atoms. The summed E-state index contributed by atoms with van der Waals surface area (Å²) in [6.07, 6.45) is 5.49. The predicted molar refractivity (Wildman–Crippen MR) is 95.8 cm³/mol. The molecule has 24 heavy (non-hydrogen) atoms. The first kappa shape index (κ1) is 18.4. The average molecular weight is 348 g/mol. The van der Waals surface area contributed by atoms with Crippen LogP contribution in [-0.2, 0) is 14.8 Å². The van der Waals surface area contributed by atoms with E-state index < -0.39 is 10.0 Å². The first-order chi connectivity index (χ1) is 11.5. The second kappa shape index (κ2) is 8.80. The molecule has 0 aliphatic heterocycles. The second-order valence-electron chi connectivity index (χ2n) is 5.83. The van der Waals surface area contributed by atoms with Crippen LogP contribution in [0.5, 0.6) is 0 Å². The summed E-state index contributed by atoms with van der Waals surface area (Å²) in [5.41, 5.74) is 2.28. The van der Waals surface area contributed by atoms with Gasteiger partial charge in [0.2, 0.25) is 5.91 Å². The van der Waals surface area contributed by atoms with E-state index in [9.17, 15) is 13.2 Å². The first-order valence-corrected chi connectivity index (χ1v) is 9.80. The molecular formula is C18H24N2O3S. The smallest absolute Gasteiger partial charge is 0.257 e. The fourth-order valence-corrected chi connectivity index (χ4v) is 3.36. The van der Waals surface area contributed by atoms with Crippen LogP contribution in [0.2, 0.25) is 0 Å². The number of carbonyl (C=O) groups is 1. The van der Waals surface area contributed by atoms with Crippen molar-refractivity contribution >= 4 is 26.7 Å². The van der Waals surface area contributed by atoms with E-state index in [1.54, 1.807) is 12.1 Å². The van der Waals surface area contributed by atoms with Crippen molar-refractivity contribution in [2.24, 2.45) is 0 Å². The minimum atomic E-state index is -3.77. The molecule has 0 saturated heterocycles. The summed E-state index contributed by atoms with van der Waals surface area (Å²) in [6, 6.07) is 12.4. The first-order valence-electron chi connectivity index (χ1n) is 8.32. The number of rotatable bonds is 9. The second-order valence-corrected chi connectivity index (χ2v) is 7.51. The van der Waals surface area contributed by atoms with Gasteiger partial charge in [0, 0.05) is 6.42 Å². The molecule has 0 radical (unpaired) electrons. The van der Waals surface area contributed by atoms with Gasteiger partial charge in [0.05, 0.1) is 4.90 Å². The molecule has 0 aliphatic rings. The van der Waals surface area contributed by atoms with E-state index in [2.05, 4.69) is 17.2 Å². The van der Waals surface area contributed by atoms with Crippen LogP contribution in [0.25, 0.3) is 10.8 Å². The van der Waals surface area contributed by atoms with Gasteiger partial charge in [0.1, 0.15) is 0 Å². The maximum Gasteiger partial charge on any atom is 0.257 e. The van der Waals surface area contributed by atoms with E-state index in [0.29, 0.717) is 6.42 Å². The number of benzene rings is 2. The van der Waals surface area contributed by atoms with Gasteiger partial charge < -0.3 is 0 Å². The lowest BCUT2D eigenvalue weighted by Gasteiger charge is -2.09. The molecule has 0 unspecified atom stereocenters. The van der Waals surface area contributed by atoms with E-state index in [4.69, 9.17) is 0 Å². The van der Waals surface area contributed by atoms with Crippen molar-refractivity contribution in [2.75, 3.05) is 0 Å². The summed E-state index contributed by atoms with van der Waals surface area (Å²) in [7, 11) is -3.77. The van der Waals surface area contributed by atoms with Crippen molar-refractivity contribution < 1.29 is 13.2 Å². The molecule has 0 saturated carbocycles. The quantitative estimate of drug-likeness (QED) is 0.538. The number of sulfonamides is 1. The molecule has 0 spiro atoms. The summed E-state index contributed by atoms with van der Waals surface area (Å²) >= 11 is 0. The van der Waals surface area contributed by atoms with Crippen molar-refractivity contribution in [1.29, 1.82) is 0 Å². The Labute approximate surface area is 143 Å². The third kappa shape index (κ3) is 5.32. The van der Waals surface area contributed by atoms with Crippen LogP contribution in [0.15, 0.2) is 47.4 Å². The standard InChI is InChI=1S/C18H24N2O3S/c1-2-3-4-5-6-11-18(21)19-20-24(22,23)17-13-12-15-9-7-8-10-16(15)14-17/h7-10,12-14,20H,2-6,11H2,1H3,(H,19,21). The van der Waals surface area contributed by atoms with Crippen molar-refractivity contribution in [2.45, 2.75) is 50.3 Å². The highest BCUT2D eigenvalue weighted by atomic mass is 32.2. The Morgan fingerprint density at radius 1 is 0.958 bits per heavy atom. The predicted octanol–water partition coefficient (Wildman–Crippen LogP) is 3.51. The Kier molecular flexibility index (Phi) is 6.75. The molecule has 130 valence electrons. The molecular weight excluding hydrogens is 324 g/mol. The van der Waals surface area contributed by atoms with E-state index >= 15 is 0 Å². The maximum absolute atomic E-state index is 12.3. The normalized spacial score (nSPS) is 11.5. The number of fused-ring (bicyclic) bond motifs is 1. The highest BCUT2D eigenvalue weighted by Gasteiger charge is 2.15. The molecule has 2 N–H and O–H groups in total. The van der Waals surface area contributed by atoms with Crippen molar-refractivity contribution in [3.8, 4) is 0 Å². The van der Waals surface area contributed by atoms with Gasteiger partial charge in [0.25, 0.3) is 10.0 Å². The van der Waals surface area contributed by atoms with Gasteiger partial charge in [-0.15, -0.1) is 4.83 Å². The van der Waals surface area contributed by atoms with Gasteiger partial charge in [-0.1, -0.05) is 62.9 Å². The number of carbonyl (C=O) groups excluding carboxylic acids is 1. The third-order valence-corrected chi connectivity index (χ3v) is 5.11. The van der Waals surface area contributed by atoms with Crippen LogP contribution in [0.4, 0.5) is 0 Å². The number of hydrazine groups is 1. The summed E-state index contributed by atoms with van der Waals surface area (Å²) in [5, 5.41) is 1.80. The number of nitrogens with one attached hydrogen (secondary N) is 2. The monoisotopic (exact) mass is 348 g/mol. The molecule has 0 heterocycles. The van der Waals surface area contributed by atoms with Gasteiger partial charge in [-0.05, 0) is 29.3 Å². The van der Waals surface area contributed by atoms with Crippen LogP contribution in [0.1, 0.15) is 45.4 Å². The van der Waals surface area contributed by atoms with Gasteiger partial charge in [-0.25, -0.2) is 8.42 Å². The van der Waals surface area contributed by atoms with Gasteiger partial charge in [-0.2, -0.15) is 0 Å². The lowest BCUT2D eigenvalue weighted by atomic mass is 10.1. The van der Waals surface area contributed by atoms with E-state index in [1.807, 2.05) is 24.3 Å². The van der Waals surface area contributed by atoms with Gasteiger partial charge >= 0.3 is 0 Å². The molecule has 0 aliphatic carbocycles. The SMILES string of the molecule is CCCCCCCC(=O)NNS(=O)(=O)c1ccc2ccccc2c1. The number of unbranched alkanes of at least 4 members (excludes halogenated alkanes) is 4. The zero-order valence-electron chi connectivity index (χ0n) is 13.9. The zero-order valence-corrected chi connectivity index (χ0v) is 14.7. The van der Waals surface area contributed by atoms with Crippen LogP contribution >= 0.6 is 0 Å². The molecule has 2 rings (SSSR count). The Hall–Kier alpha value is -1.92. The van der Waals surface area contributed by atoms with Crippen LogP contribution in [-0.4, -0.2) is 14.3 Å². The van der Waals surface area contributed by atoms with Crippen LogP contribution < -0.4 is 10.3 Å². The Bertz CT molecular complexity index is 788. The van der Waals surface area contributed by atoms with Crippen LogP contribution in [0.3, 0.4) is 0 Å². The highest BCUT2D eigenvalue weighted by molar-refractivity contribution is 7.89. The summed E-state index contributed by atoms with van der Waals surface area (Å²) in [5.74, 6) is -0.309. The van der Waals surface area contributed by atoms with Gasteiger partial charge in [0.15, 0.2) is 0 Å². The molecule has 2 aromatic carbocycles.